The van der Waals surface area contributed by atoms with Crippen LogP contribution < -0.4 is 16.0 Å². The Kier molecular flexibility index (Phi) is 8.93. The van der Waals surface area contributed by atoms with Crippen LogP contribution in [0.1, 0.15) is 27.0 Å². The summed E-state index contributed by atoms with van der Waals surface area (Å²) >= 11 is 4.29. The number of hydrogen-bond acceptors (Lipinski definition) is 3. The van der Waals surface area contributed by atoms with Crippen LogP contribution in [0.5, 0.6) is 0 Å². The van der Waals surface area contributed by atoms with Crippen molar-refractivity contribution in [1.82, 2.24) is 10.6 Å². The van der Waals surface area contributed by atoms with Crippen molar-refractivity contribution in [2.24, 2.45) is 0 Å². The van der Waals surface area contributed by atoms with E-state index in [1.54, 1.807) is 12.1 Å². The number of benzene rings is 4. The summed E-state index contributed by atoms with van der Waals surface area (Å²) in [5.74, 6) is -0.209. The maximum Gasteiger partial charge on any atom is 0.416 e. The van der Waals surface area contributed by atoms with Crippen molar-refractivity contribution in [3.05, 3.63) is 119 Å². The topological polar surface area (TPSA) is 70.2 Å². The lowest BCUT2D eigenvalue weighted by Crippen LogP contribution is -2.28. The van der Waals surface area contributed by atoms with Crippen molar-refractivity contribution >= 4 is 30.3 Å². The summed E-state index contributed by atoms with van der Waals surface area (Å²) in [6, 6.07) is 26.0. The molecule has 3 amide bonds. The summed E-state index contributed by atoms with van der Waals surface area (Å²) in [5, 5.41) is 8.24. The first kappa shape index (κ1) is 27.8. The van der Waals surface area contributed by atoms with Crippen LogP contribution >= 0.6 is 12.6 Å². The third-order valence-corrected chi connectivity index (χ3v) is 6.32. The highest BCUT2D eigenvalue weighted by molar-refractivity contribution is 7.80. The van der Waals surface area contributed by atoms with Gasteiger partial charge in [-0.1, -0.05) is 54.6 Å². The molecule has 3 N–H and O–H groups in total. The predicted molar refractivity (Wildman–Crippen MR) is 149 cm³/mol. The molecule has 0 radical (unpaired) electrons. The van der Waals surface area contributed by atoms with Gasteiger partial charge in [0.2, 0.25) is 0 Å². The molecule has 39 heavy (non-hydrogen) atoms. The number of carbonyl (C=O) groups is 2. The molecule has 9 heteroatoms. The Balaban J connectivity index is 1.41. The molecule has 4 aromatic rings. The molecule has 0 aromatic heterocycles. The summed E-state index contributed by atoms with van der Waals surface area (Å²) in [4.78, 5) is 26.4. The number of carbonyl (C=O) groups excluding carboxylic acids is 2. The lowest BCUT2D eigenvalue weighted by Gasteiger charge is -2.15. The molecule has 0 saturated heterocycles. The summed E-state index contributed by atoms with van der Waals surface area (Å²) < 4.78 is 38.3. The quantitative estimate of drug-likeness (QED) is 0.180. The van der Waals surface area contributed by atoms with Gasteiger partial charge >= 0.3 is 12.2 Å². The zero-order chi connectivity index (χ0) is 27.8. The summed E-state index contributed by atoms with van der Waals surface area (Å²) in [6.07, 6.45) is -3.77. The average Bonchev–Trinajstić information content (AvgIpc) is 2.93. The van der Waals surface area contributed by atoms with Crippen molar-refractivity contribution < 1.29 is 22.8 Å². The Labute approximate surface area is 229 Å². The van der Waals surface area contributed by atoms with E-state index in [0.29, 0.717) is 18.5 Å². The minimum Gasteiger partial charge on any atom is -0.352 e. The van der Waals surface area contributed by atoms with Crippen molar-refractivity contribution in [1.29, 1.82) is 0 Å². The second-order valence-corrected chi connectivity index (χ2v) is 9.27. The Morgan fingerprint density at radius 3 is 2.08 bits per heavy atom. The number of rotatable bonds is 8. The zero-order valence-corrected chi connectivity index (χ0v) is 21.7. The molecule has 0 unspecified atom stereocenters. The van der Waals surface area contributed by atoms with Gasteiger partial charge in [0, 0.05) is 29.2 Å². The van der Waals surface area contributed by atoms with Crippen LogP contribution in [0.2, 0.25) is 0 Å². The summed E-state index contributed by atoms with van der Waals surface area (Å²) in [6.45, 7) is 0.603. The first-order valence-electron chi connectivity index (χ1n) is 12.2. The monoisotopic (exact) mass is 549 g/mol. The first-order valence-corrected chi connectivity index (χ1v) is 12.6. The van der Waals surface area contributed by atoms with Gasteiger partial charge in [-0.2, -0.15) is 13.2 Å². The van der Waals surface area contributed by atoms with E-state index in [9.17, 15) is 22.8 Å². The molecular formula is C30H26F3N3O2S. The van der Waals surface area contributed by atoms with Crippen LogP contribution in [0.15, 0.2) is 102 Å². The molecule has 200 valence electrons. The van der Waals surface area contributed by atoms with Gasteiger partial charge in [-0.15, -0.1) is 12.6 Å². The molecule has 4 aromatic carbocycles. The van der Waals surface area contributed by atoms with E-state index in [4.69, 9.17) is 0 Å². The molecule has 0 aliphatic heterocycles. The number of urea groups is 1. The number of alkyl halides is 3. The van der Waals surface area contributed by atoms with Crippen molar-refractivity contribution in [3.63, 3.8) is 0 Å². The third kappa shape index (κ3) is 7.64. The lowest BCUT2D eigenvalue weighted by molar-refractivity contribution is -0.137. The van der Waals surface area contributed by atoms with Gasteiger partial charge < -0.3 is 16.0 Å². The predicted octanol–water partition coefficient (Wildman–Crippen LogP) is 6.96. The van der Waals surface area contributed by atoms with Crippen molar-refractivity contribution in [2.75, 3.05) is 11.9 Å². The summed E-state index contributed by atoms with van der Waals surface area (Å²) in [5.41, 5.74) is 3.30. The molecule has 5 nitrogen and oxygen atoms in total. The summed E-state index contributed by atoms with van der Waals surface area (Å²) in [7, 11) is 0. The van der Waals surface area contributed by atoms with Gasteiger partial charge in [0.25, 0.3) is 5.91 Å². The fourth-order valence-electron chi connectivity index (χ4n) is 4.02. The molecule has 0 fully saturated rings. The molecule has 0 saturated carbocycles. The van der Waals surface area contributed by atoms with Gasteiger partial charge in [-0.25, -0.2) is 4.79 Å². The number of halogens is 3. The number of thiol groups is 1. The Morgan fingerprint density at radius 1 is 0.744 bits per heavy atom. The van der Waals surface area contributed by atoms with E-state index in [0.717, 1.165) is 39.3 Å². The Hall–Kier alpha value is -4.24. The standard InChI is InChI=1S/C30H26F3N3O2S/c31-30(32,33)22-11-13-23(14-12-22)36-29(38)35-19-21-5-1-2-6-25(21)26-7-3-4-8-27(26)28(37)34-18-17-20-9-15-24(39)16-10-20/h1-16,39H,17-19H2,(H,34,37)(H2,35,36,38). The maximum absolute atomic E-state index is 13.1. The van der Waals surface area contributed by atoms with Gasteiger partial charge in [0.15, 0.2) is 0 Å². The van der Waals surface area contributed by atoms with Crippen molar-refractivity contribution in [2.45, 2.75) is 24.0 Å². The van der Waals surface area contributed by atoms with E-state index in [1.807, 2.05) is 60.7 Å². The molecule has 0 atom stereocenters. The third-order valence-electron chi connectivity index (χ3n) is 6.02. The first-order chi connectivity index (χ1) is 18.7. The van der Waals surface area contributed by atoms with E-state index < -0.39 is 17.8 Å². The van der Waals surface area contributed by atoms with Gasteiger partial charge in [0.1, 0.15) is 0 Å². The number of amides is 3. The average molecular weight is 550 g/mol. The van der Waals surface area contributed by atoms with E-state index in [2.05, 4.69) is 28.6 Å². The Bertz CT molecular complexity index is 1440. The molecule has 0 aliphatic rings. The number of anilines is 1. The maximum atomic E-state index is 13.1. The normalized spacial score (nSPS) is 11.1. The highest BCUT2D eigenvalue weighted by atomic mass is 32.1. The van der Waals surface area contributed by atoms with Gasteiger partial charge in [-0.05, 0) is 71.1 Å². The van der Waals surface area contributed by atoms with Crippen LogP contribution in [-0.2, 0) is 19.1 Å². The van der Waals surface area contributed by atoms with Crippen molar-refractivity contribution in [3.8, 4) is 11.1 Å². The Morgan fingerprint density at radius 2 is 1.38 bits per heavy atom. The molecular weight excluding hydrogens is 523 g/mol. The fraction of sp³-hybridized carbons (Fsp3) is 0.133. The fourth-order valence-corrected chi connectivity index (χ4v) is 4.17. The minimum absolute atomic E-state index is 0.139. The lowest BCUT2D eigenvalue weighted by atomic mass is 9.95. The number of hydrogen-bond donors (Lipinski definition) is 4. The smallest absolute Gasteiger partial charge is 0.352 e. The molecule has 0 aliphatic carbocycles. The minimum atomic E-state index is -4.45. The molecule has 0 spiro atoms. The number of nitrogens with one attached hydrogen (secondary N) is 3. The van der Waals surface area contributed by atoms with Gasteiger partial charge in [0.05, 0.1) is 5.56 Å². The van der Waals surface area contributed by atoms with Crippen LogP contribution in [0.25, 0.3) is 11.1 Å². The van der Waals surface area contributed by atoms with E-state index >= 15 is 0 Å². The SMILES string of the molecule is O=C(NCc1ccccc1-c1ccccc1C(=O)NCCc1ccc(S)cc1)Nc1ccc(C(F)(F)F)cc1. The highest BCUT2D eigenvalue weighted by Gasteiger charge is 2.30. The van der Waals surface area contributed by atoms with Crippen LogP contribution in [-0.4, -0.2) is 18.5 Å². The highest BCUT2D eigenvalue weighted by Crippen LogP contribution is 2.30. The zero-order valence-electron chi connectivity index (χ0n) is 20.8. The largest absolute Gasteiger partial charge is 0.416 e. The molecule has 0 heterocycles. The van der Waals surface area contributed by atoms with E-state index in [-0.39, 0.29) is 18.1 Å². The second-order valence-electron chi connectivity index (χ2n) is 8.76. The second kappa shape index (κ2) is 12.5. The van der Waals surface area contributed by atoms with E-state index in [1.165, 1.54) is 12.1 Å². The molecule has 0 bridgehead atoms. The van der Waals surface area contributed by atoms with Crippen LogP contribution in [0.3, 0.4) is 0 Å². The molecule has 4 rings (SSSR count). The van der Waals surface area contributed by atoms with Crippen LogP contribution in [0, 0.1) is 0 Å². The van der Waals surface area contributed by atoms with Crippen LogP contribution in [0.4, 0.5) is 23.7 Å². The van der Waals surface area contributed by atoms with Gasteiger partial charge in [-0.3, -0.25) is 4.79 Å².